The van der Waals surface area contributed by atoms with Gasteiger partial charge in [-0.1, -0.05) is 18.2 Å². The van der Waals surface area contributed by atoms with Crippen molar-refractivity contribution in [3.63, 3.8) is 0 Å². The van der Waals surface area contributed by atoms with Crippen molar-refractivity contribution in [2.24, 2.45) is 15.3 Å². The van der Waals surface area contributed by atoms with E-state index >= 15 is 0 Å². The van der Waals surface area contributed by atoms with Crippen LogP contribution in [0.25, 0.3) is 10.1 Å². The fourth-order valence-corrected chi connectivity index (χ4v) is 4.16. The van der Waals surface area contributed by atoms with E-state index in [1.54, 1.807) is 23.1 Å². The Morgan fingerprint density at radius 2 is 2.10 bits per heavy atom. The van der Waals surface area contributed by atoms with Crippen molar-refractivity contribution in [1.82, 2.24) is 0 Å². The molecular weight excluding hydrogens is 314 g/mol. The van der Waals surface area contributed by atoms with Gasteiger partial charge in [-0.05, 0) is 22.4 Å². The van der Waals surface area contributed by atoms with Crippen LogP contribution in [0.5, 0.6) is 0 Å². The highest BCUT2D eigenvalue weighted by atomic mass is 32.2. The van der Waals surface area contributed by atoms with Crippen LogP contribution < -0.4 is 10.9 Å². The van der Waals surface area contributed by atoms with Crippen molar-refractivity contribution in [3.05, 3.63) is 35.2 Å². The van der Waals surface area contributed by atoms with Gasteiger partial charge in [-0.2, -0.15) is 20.2 Å². The maximum absolute atomic E-state index is 10.7. The summed E-state index contributed by atoms with van der Waals surface area (Å²) in [6, 6.07) is 8.27. The van der Waals surface area contributed by atoms with E-state index in [0.717, 1.165) is 5.75 Å². The Labute approximate surface area is 126 Å². The molecule has 0 aliphatic carbocycles. The molecule has 1 heterocycles. The number of amidine groups is 1. The highest BCUT2D eigenvalue weighted by Gasteiger charge is 2.04. The monoisotopic (exact) mass is 329 g/mol. The Bertz CT molecular complexity index is 722. The number of benzene rings is 1. The zero-order valence-corrected chi connectivity index (χ0v) is 13.1. The summed E-state index contributed by atoms with van der Waals surface area (Å²) in [5.74, 6) is 1.62. The molecule has 8 heteroatoms. The number of nitrogens with zero attached hydrogens (tertiary/aromatic N) is 1. The van der Waals surface area contributed by atoms with Crippen LogP contribution in [0.1, 0.15) is 12.0 Å². The molecule has 0 saturated carbocycles. The van der Waals surface area contributed by atoms with E-state index in [-0.39, 0.29) is 5.84 Å². The smallest absolute Gasteiger partial charge is 0.318 e. The van der Waals surface area contributed by atoms with E-state index in [1.165, 1.54) is 15.6 Å². The molecule has 5 nitrogen and oxygen atoms in total. The van der Waals surface area contributed by atoms with Crippen LogP contribution in [-0.2, 0) is 16.0 Å². The highest BCUT2D eigenvalue weighted by Crippen LogP contribution is 2.28. The van der Waals surface area contributed by atoms with Gasteiger partial charge in [0.1, 0.15) is 5.84 Å². The fraction of sp³-hybridized carbons (Fsp3) is 0.250. The third-order valence-electron chi connectivity index (χ3n) is 2.57. The Hall–Kier alpha value is -1.09. The van der Waals surface area contributed by atoms with E-state index in [1.807, 2.05) is 12.1 Å². The first-order valence-electron chi connectivity index (χ1n) is 5.85. The van der Waals surface area contributed by atoms with Crippen LogP contribution in [0.3, 0.4) is 0 Å². The highest BCUT2D eigenvalue weighted by molar-refractivity contribution is 7.98. The van der Waals surface area contributed by atoms with Crippen LogP contribution in [0, 0.1) is 0 Å². The number of thiophene rings is 1. The summed E-state index contributed by atoms with van der Waals surface area (Å²) in [4.78, 5) is 0. The first-order chi connectivity index (χ1) is 9.46. The number of fused-ring (bicyclic) bond motifs is 1. The lowest BCUT2D eigenvalue weighted by Gasteiger charge is -2.01. The van der Waals surface area contributed by atoms with Crippen molar-refractivity contribution in [3.8, 4) is 0 Å². The van der Waals surface area contributed by atoms with Gasteiger partial charge in [0.05, 0.1) is 0 Å². The minimum atomic E-state index is -3.88. The van der Waals surface area contributed by atoms with Crippen molar-refractivity contribution in [2.45, 2.75) is 12.2 Å². The molecule has 0 atom stereocenters. The molecule has 0 spiro atoms. The number of hydrogen-bond acceptors (Lipinski definition) is 4. The number of nitrogens with two attached hydrogens (primary N) is 2. The van der Waals surface area contributed by atoms with Crippen LogP contribution in [0.15, 0.2) is 34.0 Å². The number of hydrogen-bond donors (Lipinski definition) is 2. The maximum atomic E-state index is 10.7. The minimum absolute atomic E-state index is 0.0511. The molecule has 0 bridgehead atoms. The molecule has 0 radical (unpaired) electrons. The lowest BCUT2D eigenvalue weighted by atomic mass is 10.2. The summed E-state index contributed by atoms with van der Waals surface area (Å²) in [5.41, 5.74) is 6.78. The molecule has 20 heavy (non-hydrogen) atoms. The van der Waals surface area contributed by atoms with Crippen LogP contribution >= 0.6 is 23.1 Å². The first kappa shape index (κ1) is 15.3. The second-order valence-corrected chi connectivity index (χ2v) is 7.39. The van der Waals surface area contributed by atoms with Gasteiger partial charge in [-0.15, -0.1) is 15.7 Å². The summed E-state index contributed by atoms with van der Waals surface area (Å²) in [7, 11) is -3.88. The SMILES string of the molecule is NC(CCSCc1csc2ccccc12)=NS(N)(=O)=O. The fourth-order valence-electron chi connectivity index (χ4n) is 1.71. The molecule has 0 fully saturated rings. The Morgan fingerprint density at radius 1 is 1.35 bits per heavy atom. The molecular formula is C12H15N3O2S3. The Morgan fingerprint density at radius 3 is 2.85 bits per heavy atom. The van der Waals surface area contributed by atoms with Gasteiger partial charge >= 0.3 is 10.2 Å². The zero-order chi connectivity index (χ0) is 14.6. The van der Waals surface area contributed by atoms with E-state index in [2.05, 4.69) is 21.9 Å². The van der Waals surface area contributed by atoms with Crippen LogP contribution in [-0.4, -0.2) is 20.0 Å². The quantitative estimate of drug-likeness (QED) is 0.481. The molecule has 0 aliphatic rings. The summed E-state index contributed by atoms with van der Waals surface area (Å²) >= 11 is 3.42. The van der Waals surface area contributed by atoms with Gasteiger partial charge in [0.15, 0.2) is 0 Å². The molecule has 1 aromatic carbocycles. The van der Waals surface area contributed by atoms with E-state index in [9.17, 15) is 8.42 Å². The standard InChI is InChI=1S/C12H15N3O2S3/c13-12(15-20(14,16)17)5-6-18-7-9-8-19-11-4-2-1-3-10(9)11/h1-4,8H,5-7H2,(H2,13,15)(H2,14,16,17). The van der Waals surface area contributed by atoms with Gasteiger partial charge in [0.25, 0.3) is 0 Å². The van der Waals surface area contributed by atoms with E-state index < -0.39 is 10.2 Å². The topological polar surface area (TPSA) is 98.5 Å². The number of thioether (sulfide) groups is 1. The largest absolute Gasteiger partial charge is 0.386 e. The summed E-state index contributed by atoms with van der Waals surface area (Å²) in [6.45, 7) is 0. The normalized spacial score (nSPS) is 12.9. The molecule has 0 unspecified atom stereocenters. The van der Waals surface area contributed by atoms with Crippen molar-refractivity contribution < 1.29 is 8.42 Å². The van der Waals surface area contributed by atoms with E-state index in [4.69, 9.17) is 10.9 Å². The van der Waals surface area contributed by atoms with Crippen molar-refractivity contribution in [2.75, 3.05) is 5.75 Å². The lowest BCUT2D eigenvalue weighted by Crippen LogP contribution is -2.19. The van der Waals surface area contributed by atoms with Gasteiger partial charge in [-0.25, -0.2) is 5.14 Å². The molecule has 4 N–H and O–H groups in total. The number of rotatable bonds is 6. The van der Waals surface area contributed by atoms with Gasteiger partial charge in [0, 0.05) is 22.6 Å². The molecule has 2 aromatic rings. The van der Waals surface area contributed by atoms with Crippen molar-refractivity contribution >= 4 is 49.2 Å². The lowest BCUT2D eigenvalue weighted by molar-refractivity contribution is 0.599. The molecule has 2 rings (SSSR count). The molecule has 1 aromatic heterocycles. The van der Waals surface area contributed by atoms with E-state index in [0.29, 0.717) is 12.2 Å². The first-order valence-corrected chi connectivity index (χ1v) is 9.39. The Kier molecular flexibility index (Phi) is 5.03. The second-order valence-electron chi connectivity index (χ2n) is 4.16. The molecule has 0 aliphatic heterocycles. The predicted molar refractivity (Wildman–Crippen MR) is 87.3 cm³/mol. The summed E-state index contributed by atoms with van der Waals surface area (Å²) in [6.07, 6.45) is 0.406. The third-order valence-corrected chi connectivity index (χ3v) is 5.07. The second kappa shape index (κ2) is 6.57. The minimum Gasteiger partial charge on any atom is -0.386 e. The van der Waals surface area contributed by atoms with Gasteiger partial charge in [0.2, 0.25) is 0 Å². The average molecular weight is 329 g/mol. The maximum Gasteiger partial charge on any atom is 0.318 e. The Balaban J connectivity index is 1.86. The molecule has 0 amide bonds. The van der Waals surface area contributed by atoms with Crippen LogP contribution in [0.4, 0.5) is 0 Å². The van der Waals surface area contributed by atoms with Crippen molar-refractivity contribution in [1.29, 1.82) is 0 Å². The van der Waals surface area contributed by atoms with Gasteiger partial charge in [-0.3, -0.25) is 0 Å². The molecule has 0 saturated heterocycles. The van der Waals surface area contributed by atoms with Gasteiger partial charge < -0.3 is 5.73 Å². The molecule has 108 valence electrons. The zero-order valence-electron chi connectivity index (χ0n) is 10.7. The summed E-state index contributed by atoms with van der Waals surface area (Å²) < 4.78 is 25.9. The summed E-state index contributed by atoms with van der Waals surface area (Å²) in [5, 5.41) is 8.21. The predicted octanol–water partition coefficient (Wildman–Crippen LogP) is 2.09. The average Bonchev–Trinajstić information content (AvgIpc) is 2.76. The van der Waals surface area contributed by atoms with Crippen LogP contribution in [0.2, 0.25) is 0 Å². The third kappa shape index (κ3) is 4.48.